The molecule has 0 spiro atoms. The fourth-order valence-electron chi connectivity index (χ4n) is 2.11. The molecule has 1 unspecified atom stereocenters. The van der Waals surface area contributed by atoms with E-state index in [4.69, 9.17) is 9.84 Å². The van der Waals surface area contributed by atoms with Crippen LogP contribution in [0.25, 0.3) is 0 Å². The Labute approximate surface area is 136 Å². The van der Waals surface area contributed by atoms with E-state index in [1.54, 1.807) is 0 Å². The summed E-state index contributed by atoms with van der Waals surface area (Å²) in [7, 11) is 1.31. The maximum Gasteiger partial charge on any atom is 0.326 e. The first-order valence-corrected chi connectivity index (χ1v) is 6.92. The molecular weight excluding hydrogens is 322 g/mol. The second-order valence-corrected chi connectivity index (χ2v) is 5.20. The summed E-state index contributed by atoms with van der Waals surface area (Å²) in [5, 5.41) is 19.8. The van der Waals surface area contributed by atoms with Crippen molar-refractivity contribution in [3.8, 4) is 5.75 Å². The number of ether oxygens (including phenoxy) is 1. The van der Waals surface area contributed by atoms with Gasteiger partial charge in [-0.1, -0.05) is 0 Å². The molecule has 0 saturated carbocycles. The average molecular weight is 337 g/mol. The van der Waals surface area contributed by atoms with Gasteiger partial charge >= 0.3 is 5.97 Å². The summed E-state index contributed by atoms with van der Waals surface area (Å²) in [6.45, 7) is 0.584. The molecule has 1 N–H and O–H groups in total. The number of anilines is 1. The molecule has 1 aliphatic rings. The van der Waals surface area contributed by atoms with Crippen LogP contribution in [0.4, 0.5) is 11.4 Å². The van der Waals surface area contributed by atoms with Gasteiger partial charge < -0.3 is 14.7 Å². The van der Waals surface area contributed by atoms with Crippen LogP contribution in [0, 0.1) is 10.1 Å². The molecule has 0 saturated heterocycles. The van der Waals surface area contributed by atoms with Crippen molar-refractivity contribution in [3.05, 3.63) is 28.3 Å². The number of benzene rings is 1. The maximum atomic E-state index is 12.2. The van der Waals surface area contributed by atoms with Crippen molar-refractivity contribution >= 4 is 29.2 Å². The molecule has 10 heteroatoms. The highest BCUT2D eigenvalue weighted by Gasteiger charge is 2.31. The Morgan fingerprint density at radius 2 is 2.17 bits per heavy atom. The smallest absolute Gasteiger partial charge is 0.326 e. The summed E-state index contributed by atoms with van der Waals surface area (Å²) in [5.74, 6) is -2.11. The Morgan fingerprint density at radius 3 is 2.75 bits per heavy atom. The van der Waals surface area contributed by atoms with E-state index in [1.165, 1.54) is 26.1 Å². The molecule has 1 aromatic rings. The molecule has 10 nitrogen and oxygen atoms in total. The number of non-ortho nitro benzene ring substituents is 1. The van der Waals surface area contributed by atoms with Crippen LogP contribution >= 0.6 is 0 Å². The van der Waals surface area contributed by atoms with E-state index in [0.29, 0.717) is 0 Å². The molecule has 1 aliphatic heterocycles. The third-order valence-corrected chi connectivity index (χ3v) is 3.72. The maximum absolute atomic E-state index is 12.2. The van der Waals surface area contributed by atoms with E-state index in [2.05, 4.69) is 0 Å². The van der Waals surface area contributed by atoms with Gasteiger partial charge in [0.05, 0.1) is 10.6 Å². The van der Waals surface area contributed by atoms with Crippen molar-refractivity contribution < 1.29 is 29.2 Å². The minimum absolute atomic E-state index is 0.102. The first-order chi connectivity index (χ1) is 11.2. The van der Waals surface area contributed by atoms with Gasteiger partial charge in [-0.15, -0.1) is 0 Å². The van der Waals surface area contributed by atoms with Crippen LogP contribution in [-0.2, 0) is 14.4 Å². The Morgan fingerprint density at radius 1 is 1.50 bits per heavy atom. The summed E-state index contributed by atoms with van der Waals surface area (Å²) in [6.07, 6.45) is 0. The number of carbonyl (C=O) groups is 3. The van der Waals surface area contributed by atoms with Gasteiger partial charge in [-0.25, -0.2) is 4.79 Å². The zero-order valence-corrected chi connectivity index (χ0v) is 13.0. The lowest BCUT2D eigenvalue weighted by atomic mass is 10.2. The third kappa shape index (κ3) is 3.26. The number of carboxylic acids is 1. The lowest BCUT2D eigenvalue weighted by Crippen LogP contribution is -2.49. The number of rotatable bonds is 5. The van der Waals surface area contributed by atoms with Crippen LogP contribution in [0.1, 0.15) is 6.92 Å². The van der Waals surface area contributed by atoms with E-state index in [0.717, 1.165) is 15.9 Å². The topological polar surface area (TPSA) is 130 Å². The SMILES string of the molecule is CC(C(=O)O)N(C)C(=O)CN1C(=O)COc2ccc([N+](=O)[O-])cc21. The molecule has 24 heavy (non-hydrogen) atoms. The highest BCUT2D eigenvalue weighted by Crippen LogP contribution is 2.35. The fraction of sp³-hybridized carbons (Fsp3) is 0.357. The van der Waals surface area contributed by atoms with Gasteiger partial charge in [0.25, 0.3) is 11.6 Å². The fourth-order valence-corrected chi connectivity index (χ4v) is 2.11. The molecule has 1 heterocycles. The number of hydrogen-bond donors (Lipinski definition) is 1. The molecule has 0 bridgehead atoms. The van der Waals surface area contributed by atoms with Gasteiger partial charge in [-0.2, -0.15) is 0 Å². The second kappa shape index (κ2) is 6.52. The van der Waals surface area contributed by atoms with Gasteiger partial charge in [0.15, 0.2) is 6.61 Å². The minimum Gasteiger partial charge on any atom is -0.482 e. The van der Waals surface area contributed by atoms with E-state index >= 15 is 0 Å². The van der Waals surface area contributed by atoms with Gasteiger partial charge in [-0.3, -0.25) is 24.6 Å². The molecule has 2 rings (SSSR count). The molecule has 0 radical (unpaired) electrons. The molecule has 1 aromatic carbocycles. The standard InChI is InChI=1S/C14H15N3O7/c1-8(14(20)21)15(2)12(18)6-16-10-5-9(17(22)23)3-4-11(10)24-7-13(16)19/h3-5,8H,6-7H2,1-2H3,(H,20,21). The van der Waals surface area contributed by atoms with Gasteiger partial charge in [0.2, 0.25) is 5.91 Å². The molecule has 2 amide bonds. The molecule has 1 atom stereocenters. The monoisotopic (exact) mass is 337 g/mol. The number of nitro benzene ring substituents is 1. The van der Waals surface area contributed by atoms with E-state index in [1.807, 2.05) is 0 Å². The van der Waals surface area contributed by atoms with E-state index in [9.17, 15) is 24.5 Å². The Bertz CT molecular complexity index is 718. The third-order valence-electron chi connectivity index (χ3n) is 3.72. The van der Waals surface area contributed by atoms with Crippen LogP contribution in [0.5, 0.6) is 5.75 Å². The Balaban J connectivity index is 2.29. The van der Waals surface area contributed by atoms with Crippen molar-refractivity contribution in [3.63, 3.8) is 0 Å². The quantitative estimate of drug-likeness (QED) is 0.602. The van der Waals surface area contributed by atoms with Crippen LogP contribution < -0.4 is 9.64 Å². The number of carbonyl (C=O) groups excluding carboxylic acids is 2. The first-order valence-electron chi connectivity index (χ1n) is 6.92. The Hall–Kier alpha value is -3.17. The molecule has 128 valence electrons. The van der Waals surface area contributed by atoms with Crippen LogP contribution in [0.3, 0.4) is 0 Å². The highest BCUT2D eigenvalue weighted by molar-refractivity contribution is 6.02. The highest BCUT2D eigenvalue weighted by atomic mass is 16.6. The van der Waals surface area contributed by atoms with Crippen molar-refractivity contribution in [2.24, 2.45) is 0 Å². The zero-order valence-electron chi connectivity index (χ0n) is 13.0. The number of carboxylic acid groups (broad SMARTS) is 1. The van der Waals surface area contributed by atoms with Gasteiger partial charge in [0.1, 0.15) is 18.3 Å². The summed E-state index contributed by atoms with van der Waals surface area (Å²) < 4.78 is 5.20. The van der Waals surface area contributed by atoms with Gasteiger partial charge in [0, 0.05) is 19.2 Å². The van der Waals surface area contributed by atoms with Crippen LogP contribution in [-0.4, -0.2) is 59.0 Å². The normalized spacial score (nSPS) is 14.4. The molecule has 0 aromatic heterocycles. The number of amides is 2. The minimum atomic E-state index is -1.19. The van der Waals surface area contributed by atoms with Crippen molar-refractivity contribution in [1.29, 1.82) is 0 Å². The molecule has 0 aliphatic carbocycles. The lowest BCUT2D eigenvalue weighted by molar-refractivity contribution is -0.384. The average Bonchev–Trinajstić information content (AvgIpc) is 2.55. The number of fused-ring (bicyclic) bond motifs is 1. The summed E-state index contributed by atoms with van der Waals surface area (Å²) in [6, 6.07) is 2.65. The van der Waals surface area contributed by atoms with Crippen LogP contribution in [0.15, 0.2) is 18.2 Å². The first kappa shape index (κ1) is 17.2. The number of likely N-dealkylation sites (N-methyl/N-ethyl adjacent to an activating group) is 1. The summed E-state index contributed by atoms with van der Waals surface area (Å²) in [5.41, 5.74) is -0.151. The summed E-state index contributed by atoms with van der Waals surface area (Å²) in [4.78, 5) is 47.5. The number of aliphatic carboxylic acids is 1. The van der Waals surface area contributed by atoms with Gasteiger partial charge in [-0.05, 0) is 13.0 Å². The predicted octanol–water partition coefficient (Wildman–Crippen LogP) is 0.252. The second-order valence-electron chi connectivity index (χ2n) is 5.20. The van der Waals surface area contributed by atoms with E-state index < -0.39 is 35.3 Å². The van der Waals surface area contributed by atoms with E-state index in [-0.39, 0.29) is 23.7 Å². The number of nitrogens with zero attached hydrogens (tertiary/aromatic N) is 3. The van der Waals surface area contributed by atoms with Crippen molar-refractivity contribution in [1.82, 2.24) is 4.90 Å². The number of hydrogen-bond acceptors (Lipinski definition) is 6. The summed E-state index contributed by atoms with van der Waals surface area (Å²) >= 11 is 0. The Kier molecular flexibility index (Phi) is 4.67. The molecular formula is C14H15N3O7. The lowest BCUT2D eigenvalue weighted by Gasteiger charge is -2.30. The van der Waals surface area contributed by atoms with Crippen molar-refractivity contribution in [2.45, 2.75) is 13.0 Å². The molecule has 0 fully saturated rings. The zero-order chi connectivity index (χ0) is 18.0. The van der Waals surface area contributed by atoms with Crippen LogP contribution in [0.2, 0.25) is 0 Å². The predicted molar refractivity (Wildman–Crippen MR) is 80.8 cm³/mol. The largest absolute Gasteiger partial charge is 0.482 e. The van der Waals surface area contributed by atoms with Crippen molar-refractivity contribution in [2.75, 3.05) is 25.1 Å². The number of nitro groups is 1.